The first-order valence-corrected chi connectivity index (χ1v) is 7.13. The van der Waals surface area contributed by atoms with Gasteiger partial charge in [0.1, 0.15) is 0 Å². The van der Waals surface area contributed by atoms with Crippen molar-refractivity contribution in [3.05, 3.63) is 35.4 Å². The molecule has 2 unspecified atom stereocenters. The molecule has 1 nitrogen and oxygen atoms in total. The van der Waals surface area contributed by atoms with Gasteiger partial charge >= 0.3 is 0 Å². The molecule has 16 heavy (non-hydrogen) atoms. The van der Waals surface area contributed by atoms with E-state index in [2.05, 4.69) is 45.0 Å². The standard InChI is InChI=1S/C14H23NS/c1-4-5-10-16-14(12(3)15)13-8-6-11(2)7-9-13/h6-9,12,14H,4-5,10,15H2,1-3H3. The molecule has 0 radical (unpaired) electrons. The van der Waals surface area contributed by atoms with Crippen LogP contribution in [0.3, 0.4) is 0 Å². The molecule has 1 aromatic carbocycles. The van der Waals surface area contributed by atoms with E-state index in [4.69, 9.17) is 5.73 Å². The third-order valence-corrected chi connectivity index (χ3v) is 4.26. The van der Waals surface area contributed by atoms with Gasteiger partial charge in [0.2, 0.25) is 0 Å². The van der Waals surface area contributed by atoms with Crippen LogP contribution in [0.1, 0.15) is 43.1 Å². The van der Waals surface area contributed by atoms with E-state index in [0.717, 1.165) is 0 Å². The van der Waals surface area contributed by atoms with Gasteiger partial charge in [-0.05, 0) is 31.6 Å². The zero-order valence-electron chi connectivity index (χ0n) is 10.6. The van der Waals surface area contributed by atoms with Gasteiger partial charge in [-0.2, -0.15) is 11.8 Å². The second-order valence-corrected chi connectivity index (χ2v) is 5.66. The molecule has 1 rings (SSSR count). The maximum absolute atomic E-state index is 6.07. The average molecular weight is 237 g/mol. The normalized spacial score (nSPS) is 14.8. The van der Waals surface area contributed by atoms with Crippen molar-refractivity contribution in [3.63, 3.8) is 0 Å². The van der Waals surface area contributed by atoms with E-state index < -0.39 is 0 Å². The molecule has 0 aromatic heterocycles. The molecule has 0 fully saturated rings. The van der Waals surface area contributed by atoms with Gasteiger partial charge in [0.25, 0.3) is 0 Å². The Bertz CT molecular complexity index is 292. The van der Waals surface area contributed by atoms with Gasteiger partial charge in [-0.15, -0.1) is 0 Å². The molecule has 90 valence electrons. The smallest absolute Gasteiger partial charge is 0.0445 e. The van der Waals surface area contributed by atoms with Gasteiger partial charge in [0.05, 0.1) is 0 Å². The first-order chi connectivity index (χ1) is 7.65. The Hall–Kier alpha value is -0.470. The fourth-order valence-corrected chi connectivity index (χ4v) is 3.02. The van der Waals surface area contributed by atoms with Crippen molar-refractivity contribution in [2.24, 2.45) is 5.73 Å². The van der Waals surface area contributed by atoms with Gasteiger partial charge in [0, 0.05) is 11.3 Å². The molecule has 0 aliphatic carbocycles. The van der Waals surface area contributed by atoms with Gasteiger partial charge in [-0.1, -0.05) is 43.2 Å². The fraction of sp³-hybridized carbons (Fsp3) is 0.571. The van der Waals surface area contributed by atoms with Crippen LogP contribution in [0.15, 0.2) is 24.3 Å². The summed E-state index contributed by atoms with van der Waals surface area (Å²) >= 11 is 1.99. The van der Waals surface area contributed by atoms with Crippen LogP contribution >= 0.6 is 11.8 Å². The highest BCUT2D eigenvalue weighted by molar-refractivity contribution is 7.99. The van der Waals surface area contributed by atoms with Crippen LogP contribution < -0.4 is 5.73 Å². The number of hydrogen-bond donors (Lipinski definition) is 1. The number of unbranched alkanes of at least 4 members (excludes halogenated alkanes) is 1. The maximum Gasteiger partial charge on any atom is 0.0445 e. The highest BCUT2D eigenvalue weighted by Crippen LogP contribution is 2.32. The molecule has 2 atom stereocenters. The number of aryl methyl sites for hydroxylation is 1. The maximum atomic E-state index is 6.07. The first-order valence-electron chi connectivity index (χ1n) is 6.09. The second kappa shape index (κ2) is 6.97. The monoisotopic (exact) mass is 237 g/mol. The Kier molecular flexibility index (Phi) is 5.93. The number of nitrogens with two attached hydrogens (primary N) is 1. The van der Waals surface area contributed by atoms with E-state index >= 15 is 0 Å². The van der Waals surface area contributed by atoms with Gasteiger partial charge in [0.15, 0.2) is 0 Å². The van der Waals surface area contributed by atoms with Gasteiger partial charge in [-0.25, -0.2) is 0 Å². The van der Waals surface area contributed by atoms with E-state index in [9.17, 15) is 0 Å². The Morgan fingerprint density at radius 2 is 1.88 bits per heavy atom. The lowest BCUT2D eigenvalue weighted by molar-refractivity contribution is 0.719. The van der Waals surface area contributed by atoms with Crippen LogP contribution in [0, 0.1) is 6.92 Å². The summed E-state index contributed by atoms with van der Waals surface area (Å²) in [5.74, 6) is 1.20. The summed E-state index contributed by atoms with van der Waals surface area (Å²) in [6.45, 7) is 6.45. The summed E-state index contributed by atoms with van der Waals surface area (Å²) in [6, 6.07) is 8.98. The molecule has 0 amide bonds. The molecule has 0 spiro atoms. The Morgan fingerprint density at radius 3 is 2.38 bits per heavy atom. The minimum absolute atomic E-state index is 0.213. The molecular formula is C14H23NS. The van der Waals surface area contributed by atoms with Crippen molar-refractivity contribution < 1.29 is 0 Å². The quantitative estimate of drug-likeness (QED) is 0.759. The number of thioether (sulfide) groups is 1. The molecule has 2 N–H and O–H groups in total. The van der Waals surface area contributed by atoms with E-state index in [0.29, 0.717) is 5.25 Å². The molecule has 0 saturated heterocycles. The lowest BCUT2D eigenvalue weighted by Gasteiger charge is -2.21. The minimum atomic E-state index is 0.213. The van der Waals surface area contributed by atoms with Crippen LogP contribution in [0.4, 0.5) is 0 Å². The Morgan fingerprint density at radius 1 is 1.25 bits per heavy atom. The second-order valence-electron chi connectivity index (χ2n) is 4.41. The fourth-order valence-electron chi connectivity index (χ4n) is 1.66. The molecule has 2 heteroatoms. The lowest BCUT2D eigenvalue weighted by Crippen LogP contribution is -2.22. The first kappa shape index (κ1) is 13.6. The molecule has 0 heterocycles. The average Bonchev–Trinajstić information content (AvgIpc) is 2.26. The van der Waals surface area contributed by atoms with Crippen molar-refractivity contribution in [2.75, 3.05) is 5.75 Å². The van der Waals surface area contributed by atoms with Crippen LogP contribution in [-0.2, 0) is 0 Å². The summed E-state index contributed by atoms with van der Waals surface area (Å²) in [5, 5.41) is 0.437. The Labute approximate surface area is 104 Å². The van der Waals surface area contributed by atoms with Crippen LogP contribution in [0.25, 0.3) is 0 Å². The number of benzene rings is 1. The van der Waals surface area contributed by atoms with E-state index in [1.54, 1.807) is 0 Å². The van der Waals surface area contributed by atoms with Crippen molar-refractivity contribution in [1.82, 2.24) is 0 Å². The number of rotatable bonds is 6. The van der Waals surface area contributed by atoms with Crippen LogP contribution in [-0.4, -0.2) is 11.8 Å². The van der Waals surface area contributed by atoms with Crippen molar-refractivity contribution >= 4 is 11.8 Å². The molecule has 0 bridgehead atoms. The molecule has 1 aromatic rings. The summed E-state index contributed by atoms with van der Waals surface area (Å²) in [4.78, 5) is 0. The largest absolute Gasteiger partial charge is 0.327 e. The van der Waals surface area contributed by atoms with Crippen molar-refractivity contribution in [2.45, 2.75) is 44.9 Å². The summed E-state index contributed by atoms with van der Waals surface area (Å²) in [5.41, 5.74) is 8.74. The van der Waals surface area contributed by atoms with Gasteiger partial charge in [-0.3, -0.25) is 0 Å². The predicted molar refractivity (Wildman–Crippen MR) is 74.9 cm³/mol. The van der Waals surface area contributed by atoms with Crippen LogP contribution in [0.5, 0.6) is 0 Å². The van der Waals surface area contributed by atoms with E-state index in [-0.39, 0.29) is 6.04 Å². The summed E-state index contributed by atoms with van der Waals surface area (Å²) in [6.07, 6.45) is 2.53. The van der Waals surface area contributed by atoms with Gasteiger partial charge < -0.3 is 5.73 Å². The lowest BCUT2D eigenvalue weighted by atomic mass is 10.1. The molecular weight excluding hydrogens is 214 g/mol. The molecule has 0 saturated carbocycles. The zero-order valence-corrected chi connectivity index (χ0v) is 11.4. The van der Waals surface area contributed by atoms with Crippen LogP contribution in [0.2, 0.25) is 0 Å². The third kappa shape index (κ3) is 4.18. The minimum Gasteiger partial charge on any atom is -0.327 e. The number of hydrogen-bond acceptors (Lipinski definition) is 2. The highest BCUT2D eigenvalue weighted by atomic mass is 32.2. The topological polar surface area (TPSA) is 26.0 Å². The molecule has 0 aliphatic heterocycles. The third-order valence-electron chi connectivity index (χ3n) is 2.68. The zero-order chi connectivity index (χ0) is 12.0. The van der Waals surface area contributed by atoms with Crippen molar-refractivity contribution in [1.29, 1.82) is 0 Å². The van der Waals surface area contributed by atoms with E-state index in [1.807, 2.05) is 11.8 Å². The van der Waals surface area contributed by atoms with Crippen molar-refractivity contribution in [3.8, 4) is 0 Å². The SMILES string of the molecule is CCCCSC(c1ccc(C)cc1)C(C)N. The Balaban J connectivity index is 2.65. The summed E-state index contributed by atoms with van der Waals surface area (Å²) in [7, 11) is 0. The highest BCUT2D eigenvalue weighted by Gasteiger charge is 2.15. The van der Waals surface area contributed by atoms with E-state index in [1.165, 1.54) is 29.7 Å². The predicted octanol–water partition coefficient (Wildman–Crippen LogP) is 3.92. The summed E-state index contributed by atoms with van der Waals surface area (Å²) < 4.78 is 0. The molecule has 0 aliphatic rings.